The summed E-state index contributed by atoms with van der Waals surface area (Å²) in [5.74, 6) is 1.15. The molecule has 0 spiro atoms. The van der Waals surface area contributed by atoms with Gasteiger partial charge in [0.1, 0.15) is 0 Å². The first-order chi connectivity index (χ1) is 8.84. The first kappa shape index (κ1) is 14.9. The lowest BCUT2D eigenvalue weighted by atomic mass is 9.72. The number of aromatic nitrogens is 2. The van der Waals surface area contributed by atoms with Gasteiger partial charge in [-0.3, -0.25) is 4.68 Å². The van der Waals surface area contributed by atoms with Crippen molar-refractivity contribution in [1.82, 2.24) is 9.78 Å². The molecule has 1 heterocycles. The van der Waals surface area contributed by atoms with Crippen LogP contribution in [0, 0.1) is 18.8 Å². The molecule has 1 aromatic heterocycles. The van der Waals surface area contributed by atoms with Crippen molar-refractivity contribution in [3.63, 3.8) is 0 Å². The van der Waals surface area contributed by atoms with Gasteiger partial charge in [-0.15, -0.1) is 0 Å². The third kappa shape index (κ3) is 3.14. The van der Waals surface area contributed by atoms with Crippen LogP contribution < -0.4 is 0 Å². The van der Waals surface area contributed by atoms with E-state index >= 15 is 0 Å². The van der Waals surface area contributed by atoms with Crippen LogP contribution in [0.1, 0.15) is 51.4 Å². The average molecular weight is 285 g/mol. The highest BCUT2D eigenvalue weighted by Gasteiger charge is 2.37. The second-order valence-electron chi connectivity index (χ2n) is 6.42. The molecule has 0 bridgehead atoms. The van der Waals surface area contributed by atoms with Crippen molar-refractivity contribution in [3.05, 3.63) is 16.4 Å². The van der Waals surface area contributed by atoms with E-state index in [4.69, 9.17) is 11.6 Å². The quantitative estimate of drug-likeness (QED) is 0.921. The predicted octanol–water partition coefficient (Wildman–Crippen LogP) is 3.59. The molecule has 4 heteroatoms. The Hall–Kier alpha value is -0.540. The Balaban J connectivity index is 2.24. The zero-order valence-electron chi connectivity index (χ0n) is 12.4. The van der Waals surface area contributed by atoms with E-state index in [2.05, 4.69) is 25.9 Å². The molecule has 2 unspecified atom stereocenters. The maximum absolute atomic E-state index is 10.9. The number of halogens is 1. The number of rotatable bonds is 3. The van der Waals surface area contributed by atoms with Crippen molar-refractivity contribution >= 4 is 11.6 Å². The summed E-state index contributed by atoms with van der Waals surface area (Å²) >= 11 is 6.35. The number of nitrogens with zero attached hydrogens (tertiary/aromatic N) is 2. The van der Waals surface area contributed by atoms with Gasteiger partial charge >= 0.3 is 0 Å². The fraction of sp³-hybridized carbons (Fsp3) is 0.800. The molecule has 2 atom stereocenters. The second kappa shape index (κ2) is 5.45. The Morgan fingerprint density at radius 1 is 1.37 bits per heavy atom. The van der Waals surface area contributed by atoms with Crippen molar-refractivity contribution in [2.45, 2.75) is 65.5 Å². The van der Waals surface area contributed by atoms with E-state index in [0.29, 0.717) is 18.3 Å². The molecule has 0 amide bonds. The molecule has 0 aliphatic heterocycles. The Labute approximate surface area is 121 Å². The van der Waals surface area contributed by atoms with Crippen molar-refractivity contribution in [1.29, 1.82) is 0 Å². The molecular formula is C15H25ClN2O. The topological polar surface area (TPSA) is 38.0 Å². The highest BCUT2D eigenvalue weighted by Crippen LogP contribution is 2.39. The molecule has 108 valence electrons. The summed E-state index contributed by atoms with van der Waals surface area (Å²) in [6.07, 6.45) is 3.56. The lowest BCUT2D eigenvalue weighted by Gasteiger charge is -2.39. The highest BCUT2D eigenvalue weighted by atomic mass is 35.5. The maximum atomic E-state index is 10.9. The van der Waals surface area contributed by atoms with Crippen LogP contribution in [-0.4, -0.2) is 20.5 Å². The van der Waals surface area contributed by atoms with Crippen molar-refractivity contribution < 1.29 is 5.11 Å². The van der Waals surface area contributed by atoms with Gasteiger partial charge in [0.15, 0.2) is 0 Å². The number of hydrogen-bond acceptors (Lipinski definition) is 2. The Kier molecular flexibility index (Phi) is 4.26. The van der Waals surface area contributed by atoms with Crippen LogP contribution in [0.5, 0.6) is 0 Å². The molecule has 1 aliphatic rings. The molecule has 0 saturated heterocycles. The summed E-state index contributed by atoms with van der Waals surface area (Å²) in [5.41, 5.74) is 1.23. The van der Waals surface area contributed by atoms with Crippen LogP contribution in [0.25, 0.3) is 0 Å². The summed E-state index contributed by atoms with van der Waals surface area (Å²) in [4.78, 5) is 0. The minimum Gasteiger partial charge on any atom is -0.389 e. The molecule has 1 saturated carbocycles. The zero-order chi connectivity index (χ0) is 14.2. The van der Waals surface area contributed by atoms with Crippen LogP contribution in [0.2, 0.25) is 5.02 Å². The van der Waals surface area contributed by atoms with E-state index in [1.807, 2.05) is 11.6 Å². The van der Waals surface area contributed by atoms with Gasteiger partial charge in [0.2, 0.25) is 0 Å². The van der Waals surface area contributed by atoms with Gasteiger partial charge in [0.25, 0.3) is 0 Å². The third-order valence-electron chi connectivity index (χ3n) is 4.21. The monoisotopic (exact) mass is 284 g/mol. The summed E-state index contributed by atoms with van der Waals surface area (Å²) in [6.45, 7) is 9.23. The molecule has 1 aliphatic carbocycles. The summed E-state index contributed by atoms with van der Waals surface area (Å²) < 4.78 is 1.93. The van der Waals surface area contributed by atoms with Crippen molar-refractivity contribution in [3.8, 4) is 0 Å². The normalized spacial score (nSPS) is 31.7. The van der Waals surface area contributed by atoms with Gasteiger partial charge in [0, 0.05) is 13.0 Å². The smallest absolute Gasteiger partial charge is 0.0848 e. The Morgan fingerprint density at radius 2 is 1.95 bits per heavy atom. The summed E-state index contributed by atoms with van der Waals surface area (Å²) in [7, 11) is 0. The van der Waals surface area contributed by atoms with E-state index in [-0.39, 0.29) is 0 Å². The first-order valence-corrected chi connectivity index (χ1v) is 7.66. The van der Waals surface area contributed by atoms with E-state index < -0.39 is 5.60 Å². The fourth-order valence-corrected chi connectivity index (χ4v) is 3.93. The molecule has 1 aromatic rings. The zero-order valence-corrected chi connectivity index (χ0v) is 13.2. The van der Waals surface area contributed by atoms with Gasteiger partial charge in [-0.2, -0.15) is 5.10 Å². The highest BCUT2D eigenvalue weighted by molar-refractivity contribution is 6.31. The molecule has 1 N–H and O–H groups in total. The number of hydrogen-bond donors (Lipinski definition) is 1. The molecule has 0 aromatic carbocycles. The minimum absolute atomic E-state index is 0.576. The number of aliphatic hydroxyl groups is 1. The largest absolute Gasteiger partial charge is 0.389 e. The van der Waals surface area contributed by atoms with E-state index in [9.17, 15) is 5.11 Å². The Bertz CT molecular complexity index is 445. The number of aryl methyl sites for hydroxylation is 2. The molecule has 1 fully saturated rings. The van der Waals surface area contributed by atoms with Crippen LogP contribution >= 0.6 is 11.6 Å². The van der Waals surface area contributed by atoms with Crippen LogP contribution in [0.4, 0.5) is 0 Å². The van der Waals surface area contributed by atoms with Gasteiger partial charge in [-0.25, -0.2) is 0 Å². The second-order valence-corrected chi connectivity index (χ2v) is 6.80. The minimum atomic E-state index is -0.625. The van der Waals surface area contributed by atoms with Crippen molar-refractivity contribution in [2.24, 2.45) is 11.8 Å². The van der Waals surface area contributed by atoms with Gasteiger partial charge in [0.05, 0.1) is 22.0 Å². The third-order valence-corrected chi connectivity index (χ3v) is 4.70. The Morgan fingerprint density at radius 3 is 2.47 bits per heavy atom. The fourth-order valence-electron chi connectivity index (χ4n) is 3.73. The van der Waals surface area contributed by atoms with Gasteiger partial charge in [-0.1, -0.05) is 25.4 Å². The predicted molar refractivity (Wildman–Crippen MR) is 78.5 cm³/mol. The van der Waals surface area contributed by atoms with Gasteiger partial charge < -0.3 is 5.11 Å². The summed E-state index contributed by atoms with van der Waals surface area (Å²) in [5, 5.41) is 16.1. The van der Waals surface area contributed by atoms with Crippen LogP contribution in [0.3, 0.4) is 0 Å². The lowest BCUT2D eigenvalue weighted by molar-refractivity contribution is -0.0318. The van der Waals surface area contributed by atoms with Crippen LogP contribution in [0.15, 0.2) is 0 Å². The van der Waals surface area contributed by atoms with E-state index in [0.717, 1.165) is 35.8 Å². The van der Waals surface area contributed by atoms with E-state index in [1.165, 1.54) is 6.42 Å². The lowest BCUT2D eigenvalue weighted by Crippen LogP contribution is -2.40. The van der Waals surface area contributed by atoms with E-state index in [1.54, 1.807) is 0 Å². The first-order valence-electron chi connectivity index (χ1n) is 7.29. The maximum Gasteiger partial charge on any atom is 0.0848 e. The molecular weight excluding hydrogens is 260 g/mol. The summed E-state index contributed by atoms with van der Waals surface area (Å²) in [6, 6.07) is 0. The molecule has 3 nitrogen and oxygen atoms in total. The van der Waals surface area contributed by atoms with Crippen LogP contribution in [-0.2, 0) is 13.0 Å². The average Bonchev–Trinajstić information content (AvgIpc) is 2.54. The van der Waals surface area contributed by atoms with Gasteiger partial charge in [-0.05, 0) is 44.9 Å². The SMILES string of the molecule is CCn1nc(C)c(Cl)c1CC1(O)CC(C)CC(C)C1. The molecule has 0 radical (unpaired) electrons. The standard InChI is InChI=1S/C15H25ClN2O/c1-5-18-13(14(16)12(4)17-18)9-15(19)7-10(2)6-11(3)8-15/h10-11,19H,5-9H2,1-4H3. The molecule has 2 rings (SSSR count). The molecule has 19 heavy (non-hydrogen) atoms. The van der Waals surface area contributed by atoms with Crippen molar-refractivity contribution in [2.75, 3.05) is 0 Å².